The van der Waals surface area contributed by atoms with Gasteiger partial charge in [0.1, 0.15) is 5.01 Å². The van der Waals surface area contributed by atoms with Crippen LogP contribution < -0.4 is 16.6 Å². The number of thiazole rings is 1. The highest BCUT2D eigenvalue weighted by Crippen LogP contribution is 2.18. The van der Waals surface area contributed by atoms with Gasteiger partial charge in [-0.25, -0.2) is 10.8 Å². The quantitative estimate of drug-likeness (QED) is 0.231. The van der Waals surface area contributed by atoms with E-state index in [2.05, 4.69) is 20.7 Å². The lowest BCUT2D eigenvalue weighted by atomic mass is 10.3. The lowest BCUT2D eigenvalue weighted by Crippen LogP contribution is -2.42. The second kappa shape index (κ2) is 8.84. The van der Waals surface area contributed by atoms with Crippen molar-refractivity contribution >= 4 is 17.3 Å². The Morgan fingerprint density at radius 2 is 2.42 bits per heavy atom. The lowest BCUT2D eigenvalue weighted by molar-refractivity contribution is 0.146. The summed E-state index contributed by atoms with van der Waals surface area (Å²) in [6.07, 6.45) is 2.75. The first kappa shape index (κ1) is 15.9. The third-order valence-corrected chi connectivity index (χ3v) is 3.52. The number of aromatic nitrogens is 1. The summed E-state index contributed by atoms with van der Waals surface area (Å²) >= 11 is 1.67. The van der Waals surface area contributed by atoms with Crippen molar-refractivity contribution in [3.8, 4) is 0 Å². The molecule has 1 rings (SSSR count). The molecule has 1 heterocycles. The van der Waals surface area contributed by atoms with Gasteiger partial charge in [-0.1, -0.05) is 0 Å². The maximum atomic E-state index is 5.45. The molecule has 0 bridgehead atoms. The first-order chi connectivity index (χ1) is 9.17. The lowest BCUT2D eigenvalue weighted by Gasteiger charge is -2.14. The molecule has 4 N–H and O–H groups in total. The van der Waals surface area contributed by atoms with Crippen LogP contribution in [0.25, 0.3) is 0 Å². The third kappa shape index (κ3) is 6.00. The Kier molecular flexibility index (Phi) is 7.39. The van der Waals surface area contributed by atoms with Crippen molar-refractivity contribution in [3.05, 3.63) is 16.1 Å². The van der Waals surface area contributed by atoms with Gasteiger partial charge >= 0.3 is 0 Å². The zero-order valence-electron chi connectivity index (χ0n) is 11.8. The molecule has 1 aromatic rings. The number of nitrogens with one attached hydrogen (secondary N) is 2. The topological polar surface area (TPSA) is 84.6 Å². The first-order valence-corrected chi connectivity index (χ1v) is 7.26. The average Bonchev–Trinajstić information content (AvgIpc) is 2.83. The van der Waals surface area contributed by atoms with Crippen molar-refractivity contribution in [1.82, 2.24) is 15.7 Å². The van der Waals surface area contributed by atoms with E-state index < -0.39 is 0 Å². The zero-order chi connectivity index (χ0) is 14.1. The van der Waals surface area contributed by atoms with Gasteiger partial charge in [0.2, 0.25) is 5.96 Å². The number of hydrogen-bond acceptors (Lipinski definition) is 5. The number of hydrogen-bond donors (Lipinski definition) is 3. The van der Waals surface area contributed by atoms with E-state index in [0.717, 1.165) is 24.6 Å². The summed E-state index contributed by atoms with van der Waals surface area (Å²) in [5, 5.41) is 4.23. The second-order valence-electron chi connectivity index (χ2n) is 4.10. The molecule has 0 aromatic carbocycles. The predicted molar refractivity (Wildman–Crippen MR) is 79.1 cm³/mol. The normalized spacial score (nSPS) is 13.4. The molecule has 0 aliphatic rings. The second-order valence-corrected chi connectivity index (χ2v) is 5.37. The largest absolute Gasteiger partial charge is 0.382 e. The Balaban J connectivity index is 2.40. The summed E-state index contributed by atoms with van der Waals surface area (Å²) in [5.41, 5.74) is 2.58. The van der Waals surface area contributed by atoms with E-state index in [1.165, 1.54) is 4.88 Å². The number of aliphatic imine (C=N–C) groups is 1. The molecule has 0 saturated carbocycles. The molecule has 7 heteroatoms. The van der Waals surface area contributed by atoms with Gasteiger partial charge in [-0.3, -0.25) is 10.4 Å². The molecule has 1 unspecified atom stereocenters. The zero-order valence-corrected chi connectivity index (χ0v) is 12.6. The summed E-state index contributed by atoms with van der Waals surface area (Å²) in [6.45, 7) is 8.19. The Morgan fingerprint density at radius 1 is 1.63 bits per heavy atom. The van der Waals surface area contributed by atoms with Gasteiger partial charge in [-0.2, -0.15) is 0 Å². The van der Waals surface area contributed by atoms with Gasteiger partial charge in [-0.05, 0) is 27.2 Å². The molecule has 19 heavy (non-hydrogen) atoms. The van der Waals surface area contributed by atoms with Crippen molar-refractivity contribution in [2.75, 3.05) is 19.8 Å². The number of aryl methyl sites for hydroxylation is 1. The number of nitrogens with zero attached hydrogens (tertiary/aromatic N) is 2. The van der Waals surface area contributed by atoms with E-state index in [9.17, 15) is 0 Å². The van der Waals surface area contributed by atoms with Gasteiger partial charge in [0.25, 0.3) is 0 Å². The third-order valence-electron chi connectivity index (χ3n) is 2.42. The number of nitrogens with two attached hydrogens (primary N) is 1. The summed E-state index contributed by atoms with van der Waals surface area (Å²) in [4.78, 5) is 9.88. The maximum absolute atomic E-state index is 5.45. The van der Waals surface area contributed by atoms with Crippen LogP contribution in [0.3, 0.4) is 0 Å². The standard InChI is InChI=1S/C12H23N5OS/c1-4-18-7-5-6-14-12(17-13)16-10(3)11-15-8-9(2)19-11/h8,10H,4-7,13H2,1-3H3,(H2,14,16,17). The highest BCUT2D eigenvalue weighted by atomic mass is 32.1. The van der Waals surface area contributed by atoms with E-state index in [0.29, 0.717) is 12.5 Å². The van der Waals surface area contributed by atoms with Crippen molar-refractivity contribution in [3.63, 3.8) is 0 Å². The van der Waals surface area contributed by atoms with Gasteiger partial charge in [0, 0.05) is 30.8 Å². The molecule has 1 atom stereocenters. The minimum Gasteiger partial charge on any atom is -0.382 e. The smallest absolute Gasteiger partial charge is 0.206 e. The first-order valence-electron chi connectivity index (χ1n) is 6.45. The van der Waals surface area contributed by atoms with Gasteiger partial charge in [-0.15, -0.1) is 11.3 Å². The summed E-state index contributed by atoms with van der Waals surface area (Å²) < 4.78 is 5.25. The van der Waals surface area contributed by atoms with E-state index in [-0.39, 0.29) is 6.04 Å². The Bertz CT molecular complexity index is 393. The molecule has 0 spiro atoms. The molecule has 0 aliphatic carbocycles. The molecule has 0 radical (unpaired) electrons. The van der Waals surface area contributed by atoms with Crippen LogP contribution in [-0.2, 0) is 4.74 Å². The van der Waals surface area contributed by atoms with Crippen LogP contribution in [-0.4, -0.2) is 30.7 Å². The molecule has 0 fully saturated rings. The molecular weight excluding hydrogens is 262 g/mol. The van der Waals surface area contributed by atoms with Gasteiger partial charge in [0.05, 0.1) is 6.04 Å². The summed E-state index contributed by atoms with van der Waals surface area (Å²) in [7, 11) is 0. The van der Waals surface area contributed by atoms with Gasteiger partial charge in [0.15, 0.2) is 0 Å². The predicted octanol–water partition coefficient (Wildman–Crippen LogP) is 1.35. The fraction of sp³-hybridized carbons (Fsp3) is 0.667. The van der Waals surface area contributed by atoms with Crippen LogP contribution in [0.5, 0.6) is 0 Å². The molecule has 6 nitrogen and oxygen atoms in total. The summed E-state index contributed by atoms with van der Waals surface area (Å²) in [6, 6.07) is 0.0837. The number of rotatable bonds is 7. The monoisotopic (exact) mass is 285 g/mol. The fourth-order valence-corrected chi connectivity index (χ4v) is 2.25. The van der Waals surface area contributed by atoms with Crippen molar-refractivity contribution < 1.29 is 4.74 Å². The number of hydrazine groups is 1. The van der Waals surface area contributed by atoms with Crippen LogP contribution in [0.1, 0.15) is 36.2 Å². The number of guanidine groups is 1. The van der Waals surface area contributed by atoms with Crippen molar-refractivity contribution in [2.24, 2.45) is 10.8 Å². The van der Waals surface area contributed by atoms with Crippen LogP contribution in [0.15, 0.2) is 11.2 Å². The SMILES string of the molecule is CCOCCCN=C(NN)NC(C)c1ncc(C)s1. The van der Waals surface area contributed by atoms with Crippen LogP contribution in [0, 0.1) is 6.92 Å². The molecular formula is C12H23N5OS. The number of ether oxygens (including phenoxy) is 1. The van der Waals surface area contributed by atoms with Crippen molar-refractivity contribution in [2.45, 2.75) is 33.2 Å². The van der Waals surface area contributed by atoms with Crippen LogP contribution >= 0.6 is 11.3 Å². The van der Waals surface area contributed by atoms with E-state index in [4.69, 9.17) is 10.6 Å². The highest BCUT2D eigenvalue weighted by Gasteiger charge is 2.10. The Labute approximate surface area is 118 Å². The van der Waals surface area contributed by atoms with Crippen LogP contribution in [0.4, 0.5) is 0 Å². The maximum Gasteiger partial charge on any atom is 0.206 e. The molecule has 108 valence electrons. The van der Waals surface area contributed by atoms with E-state index in [1.54, 1.807) is 11.3 Å². The summed E-state index contributed by atoms with van der Waals surface area (Å²) in [5.74, 6) is 6.03. The van der Waals surface area contributed by atoms with E-state index in [1.807, 2.05) is 27.0 Å². The minimum atomic E-state index is 0.0837. The van der Waals surface area contributed by atoms with Crippen LogP contribution in [0.2, 0.25) is 0 Å². The Morgan fingerprint density at radius 3 is 3.00 bits per heavy atom. The minimum absolute atomic E-state index is 0.0837. The molecule has 0 saturated heterocycles. The molecule has 1 aromatic heterocycles. The molecule has 0 aliphatic heterocycles. The van der Waals surface area contributed by atoms with Crippen molar-refractivity contribution in [1.29, 1.82) is 0 Å². The van der Waals surface area contributed by atoms with E-state index >= 15 is 0 Å². The van der Waals surface area contributed by atoms with Gasteiger partial charge < -0.3 is 10.1 Å². The average molecular weight is 285 g/mol. The molecule has 0 amide bonds. The fourth-order valence-electron chi connectivity index (χ4n) is 1.47. The Hall–Kier alpha value is -1.18. The highest BCUT2D eigenvalue weighted by molar-refractivity contribution is 7.11.